The Hall–Kier alpha value is -2.89. The Labute approximate surface area is 138 Å². The summed E-state index contributed by atoms with van der Waals surface area (Å²) >= 11 is 0. The lowest BCUT2D eigenvalue weighted by Gasteiger charge is -2.09. The highest BCUT2D eigenvalue weighted by molar-refractivity contribution is 5.91. The predicted molar refractivity (Wildman–Crippen MR) is 87.5 cm³/mol. The van der Waals surface area contributed by atoms with E-state index in [1.807, 2.05) is 26.0 Å². The molecule has 0 unspecified atom stereocenters. The molecule has 0 aliphatic carbocycles. The summed E-state index contributed by atoms with van der Waals surface area (Å²) in [6.45, 7) is 5.57. The first-order valence-electron chi connectivity index (χ1n) is 7.47. The molecule has 126 valence electrons. The molecule has 2 aromatic rings. The fraction of sp³-hybridized carbons (Fsp3) is 0.278. The minimum Gasteiger partial charge on any atom is -0.463 e. The molecule has 6 heteroatoms. The topological polar surface area (TPSA) is 82.8 Å². The van der Waals surface area contributed by atoms with Crippen LogP contribution in [-0.2, 0) is 25.7 Å². The lowest BCUT2D eigenvalue weighted by atomic mass is 10.0. The summed E-state index contributed by atoms with van der Waals surface area (Å²) < 4.78 is 15.0. The van der Waals surface area contributed by atoms with E-state index in [1.54, 1.807) is 6.92 Å². The lowest BCUT2D eigenvalue weighted by molar-refractivity contribution is -0.141. The first-order chi connectivity index (χ1) is 11.4. The molecule has 24 heavy (non-hydrogen) atoms. The van der Waals surface area contributed by atoms with Gasteiger partial charge in [-0.15, -0.1) is 0 Å². The zero-order valence-electron chi connectivity index (χ0n) is 13.8. The maximum Gasteiger partial charge on any atom is 0.336 e. The molecular weight excluding hydrogens is 312 g/mol. The highest BCUT2D eigenvalue weighted by atomic mass is 16.5. The highest BCUT2D eigenvalue weighted by Crippen LogP contribution is 2.23. The number of hydrogen-bond acceptors (Lipinski definition) is 6. The van der Waals surface area contributed by atoms with Gasteiger partial charge in [-0.05, 0) is 31.9 Å². The third kappa shape index (κ3) is 4.10. The van der Waals surface area contributed by atoms with Crippen LogP contribution >= 0.6 is 0 Å². The van der Waals surface area contributed by atoms with E-state index in [9.17, 15) is 14.4 Å². The van der Waals surface area contributed by atoms with E-state index in [4.69, 9.17) is 9.15 Å². The molecule has 2 rings (SSSR count). The van der Waals surface area contributed by atoms with Gasteiger partial charge in [0.2, 0.25) is 0 Å². The average Bonchev–Trinajstić information content (AvgIpc) is 2.54. The molecule has 0 spiro atoms. The largest absolute Gasteiger partial charge is 0.463 e. The van der Waals surface area contributed by atoms with Crippen molar-refractivity contribution < 1.29 is 23.5 Å². The summed E-state index contributed by atoms with van der Waals surface area (Å²) in [6, 6.07) is 5.02. The van der Waals surface area contributed by atoms with Gasteiger partial charge in [-0.2, -0.15) is 0 Å². The zero-order valence-corrected chi connectivity index (χ0v) is 13.8. The molecule has 0 N–H and O–H groups in total. The van der Waals surface area contributed by atoms with Crippen LogP contribution in [0.25, 0.3) is 11.0 Å². The Bertz CT molecular complexity index is 860. The van der Waals surface area contributed by atoms with Crippen LogP contribution < -0.4 is 5.63 Å². The Morgan fingerprint density at radius 1 is 1.12 bits per heavy atom. The van der Waals surface area contributed by atoms with Crippen LogP contribution in [0.3, 0.4) is 0 Å². The van der Waals surface area contributed by atoms with Gasteiger partial charge in [0.25, 0.3) is 0 Å². The molecule has 0 bridgehead atoms. The van der Waals surface area contributed by atoms with Crippen LogP contribution in [0, 0.1) is 13.8 Å². The van der Waals surface area contributed by atoms with Crippen LogP contribution in [0.5, 0.6) is 0 Å². The summed E-state index contributed by atoms with van der Waals surface area (Å²) in [7, 11) is 0. The van der Waals surface area contributed by atoms with Crippen LogP contribution in [0.1, 0.15) is 23.6 Å². The summed E-state index contributed by atoms with van der Waals surface area (Å²) in [4.78, 5) is 34.5. The van der Waals surface area contributed by atoms with Gasteiger partial charge in [0.05, 0.1) is 6.61 Å². The van der Waals surface area contributed by atoms with E-state index in [0.717, 1.165) is 23.3 Å². The molecule has 0 atom stereocenters. The molecule has 0 radical (unpaired) electrons. The number of aryl methyl sites for hydroxylation is 2. The minimum absolute atomic E-state index is 0.101. The lowest BCUT2D eigenvalue weighted by Crippen LogP contribution is -2.07. The molecule has 0 fully saturated rings. The van der Waals surface area contributed by atoms with Gasteiger partial charge in [-0.3, -0.25) is 0 Å². The fourth-order valence-corrected chi connectivity index (χ4v) is 2.17. The van der Waals surface area contributed by atoms with Crippen molar-refractivity contribution in [3.63, 3.8) is 0 Å². The number of rotatable bonds is 5. The average molecular weight is 330 g/mol. The standard InChI is InChI=1S/C18H18O6/c1-4-22-15(19)7-8-16(20)23-10-13-9-17(21)24-18-12(3)11(2)5-6-14(13)18/h5-9H,4,10H2,1-3H3. The first kappa shape index (κ1) is 17.5. The molecule has 6 nitrogen and oxygen atoms in total. The number of hydrogen-bond donors (Lipinski definition) is 0. The van der Waals surface area contributed by atoms with E-state index < -0.39 is 17.6 Å². The molecule has 1 heterocycles. The quantitative estimate of drug-likeness (QED) is 0.476. The molecule has 0 aliphatic heterocycles. The summed E-state index contributed by atoms with van der Waals surface area (Å²) in [5.74, 6) is -1.32. The smallest absolute Gasteiger partial charge is 0.336 e. The maximum absolute atomic E-state index is 11.7. The third-order valence-electron chi connectivity index (χ3n) is 3.53. The second-order valence-corrected chi connectivity index (χ2v) is 5.17. The van der Waals surface area contributed by atoms with Gasteiger partial charge in [-0.25, -0.2) is 14.4 Å². The van der Waals surface area contributed by atoms with Crippen LogP contribution in [-0.4, -0.2) is 18.5 Å². The van der Waals surface area contributed by atoms with Crippen molar-refractivity contribution in [3.8, 4) is 0 Å². The van der Waals surface area contributed by atoms with E-state index in [2.05, 4.69) is 4.74 Å². The second-order valence-electron chi connectivity index (χ2n) is 5.17. The molecule has 0 amide bonds. The summed E-state index contributed by atoms with van der Waals surface area (Å²) in [5, 5.41) is 0.708. The Kier molecular flexibility index (Phi) is 5.52. The van der Waals surface area contributed by atoms with Crippen LogP contribution in [0.15, 0.2) is 39.6 Å². The van der Waals surface area contributed by atoms with E-state index in [0.29, 0.717) is 16.5 Å². The number of ether oxygens (including phenoxy) is 2. The van der Waals surface area contributed by atoms with Gasteiger partial charge in [-0.1, -0.05) is 12.1 Å². The van der Waals surface area contributed by atoms with Gasteiger partial charge in [0.1, 0.15) is 12.2 Å². The molecule has 0 saturated carbocycles. The number of esters is 2. The molecule has 1 aromatic heterocycles. The summed E-state index contributed by atoms with van der Waals surface area (Å²) in [5.41, 5.74) is 2.37. The van der Waals surface area contributed by atoms with Gasteiger partial charge in [0.15, 0.2) is 0 Å². The molecular formula is C18H18O6. The van der Waals surface area contributed by atoms with Gasteiger partial charge >= 0.3 is 17.6 Å². The van der Waals surface area contributed by atoms with E-state index in [-0.39, 0.29) is 13.2 Å². The number of fused-ring (bicyclic) bond motifs is 1. The summed E-state index contributed by atoms with van der Waals surface area (Å²) in [6.07, 6.45) is 1.98. The van der Waals surface area contributed by atoms with E-state index >= 15 is 0 Å². The number of carbonyl (C=O) groups is 2. The van der Waals surface area contributed by atoms with Crippen molar-refractivity contribution in [1.82, 2.24) is 0 Å². The van der Waals surface area contributed by atoms with Gasteiger partial charge in [0, 0.05) is 29.2 Å². The Balaban J connectivity index is 2.19. The van der Waals surface area contributed by atoms with Crippen molar-refractivity contribution >= 4 is 22.9 Å². The van der Waals surface area contributed by atoms with Crippen molar-refractivity contribution in [1.29, 1.82) is 0 Å². The van der Waals surface area contributed by atoms with Crippen molar-refractivity contribution in [3.05, 3.63) is 57.5 Å². The van der Waals surface area contributed by atoms with Crippen LogP contribution in [0.2, 0.25) is 0 Å². The Morgan fingerprint density at radius 2 is 1.79 bits per heavy atom. The number of benzene rings is 1. The minimum atomic E-state index is -0.701. The van der Waals surface area contributed by atoms with Crippen molar-refractivity contribution in [2.75, 3.05) is 6.61 Å². The maximum atomic E-state index is 11.7. The van der Waals surface area contributed by atoms with Crippen molar-refractivity contribution in [2.24, 2.45) is 0 Å². The molecule has 0 saturated heterocycles. The van der Waals surface area contributed by atoms with Crippen molar-refractivity contribution in [2.45, 2.75) is 27.4 Å². The zero-order chi connectivity index (χ0) is 17.7. The Morgan fingerprint density at radius 3 is 2.46 bits per heavy atom. The normalized spacial score (nSPS) is 11.0. The second kappa shape index (κ2) is 7.59. The highest BCUT2D eigenvalue weighted by Gasteiger charge is 2.11. The molecule has 1 aromatic carbocycles. The predicted octanol–water partition coefficient (Wildman–Crippen LogP) is 2.57. The van der Waals surface area contributed by atoms with E-state index in [1.165, 1.54) is 6.07 Å². The monoisotopic (exact) mass is 330 g/mol. The van der Waals surface area contributed by atoms with Gasteiger partial charge < -0.3 is 13.9 Å². The first-order valence-corrected chi connectivity index (χ1v) is 7.47. The SMILES string of the molecule is CCOC(=O)C=CC(=O)OCc1cc(=O)oc2c(C)c(C)ccc12. The fourth-order valence-electron chi connectivity index (χ4n) is 2.17. The number of carbonyl (C=O) groups excluding carboxylic acids is 2. The van der Waals surface area contributed by atoms with Crippen LogP contribution in [0.4, 0.5) is 0 Å². The molecule has 0 aliphatic rings. The third-order valence-corrected chi connectivity index (χ3v) is 3.53.